The minimum atomic E-state index is -0.477. The Morgan fingerprint density at radius 1 is 0.968 bits per heavy atom. The zero-order valence-electron chi connectivity index (χ0n) is 16.7. The summed E-state index contributed by atoms with van der Waals surface area (Å²) in [5.41, 5.74) is 0.613. The van der Waals surface area contributed by atoms with E-state index in [1.54, 1.807) is 60.1 Å². The molecular weight excluding hydrogens is 416 g/mol. The third kappa shape index (κ3) is 3.27. The predicted molar refractivity (Wildman–Crippen MR) is 122 cm³/mol. The summed E-state index contributed by atoms with van der Waals surface area (Å²) in [5.74, 6) is 0. The Balaban J connectivity index is 1.89. The fourth-order valence-corrected chi connectivity index (χ4v) is 3.95. The highest BCUT2D eigenvalue weighted by Crippen LogP contribution is 2.36. The second kappa shape index (κ2) is 7.28. The average molecular weight is 435 g/mol. The molecule has 0 spiro atoms. The van der Waals surface area contributed by atoms with Gasteiger partial charge in [-0.15, -0.1) is 0 Å². The summed E-state index contributed by atoms with van der Waals surface area (Å²) in [4.78, 5) is 39.8. The van der Waals surface area contributed by atoms with Gasteiger partial charge in [0.25, 0.3) is 11.1 Å². The van der Waals surface area contributed by atoms with Crippen molar-refractivity contribution >= 4 is 34.0 Å². The summed E-state index contributed by atoms with van der Waals surface area (Å²) in [6, 6.07) is 17.1. The number of rotatable bonds is 4. The summed E-state index contributed by atoms with van der Waals surface area (Å²) in [5, 5.41) is 4.03. The number of aryl methyl sites for hydroxylation is 1. The monoisotopic (exact) mass is 434 g/mol. The smallest absolute Gasteiger partial charge is 0.337 e. The maximum atomic E-state index is 13.6. The SMILES string of the molecule is Cn1c(=O)cc(Nc2ccc(Cl)cc2)c2c(=O)n(-c3ccccc3)c(=O)n(C3CC3)c21. The van der Waals surface area contributed by atoms with Crippen molar-refractivity contribution in [2.45, 2.75) is 18.9 Å². The Bertz CT molecular complexity index is 1480. The average Bonchev–Trinajstić information content (AvgIpc) is 3.59. The number of fused-ring (bicyclic) bond motifs is 1. The van der Waals surface area contributed by atoms with E-state index < -0.39 is 11.2 Å². The van der Waals surface area contributed by atoms with Gasteiger partial charge in [-0.05, 0) is 49.2 Å². The summed E-state index contributed by atoms with van der Waals surface area (Å²) >= 11 is 5.98. The van der Waals surface area contributed by atoms with E-state index in [4.69, 9.17) is 11.6 Å². The largest absolute Gasteiger partial charge is 0.355 e. The van der Waals surface area contributed by atoms with E-state index in [9.17, 15) is 14.4 Å². The molecule has 1 saturated carbocycles. The molecule has 0 unspecified atom stereocenters. The van der Waals surface area contributed by atoms with E-state index in [-0.39, 0.29) is 17.0 Å². The molecule has 2 aromatic carbocycles. The number of anilines is 2. The Morgan fingerprint density at radius 2 is 1.65 bits per heavy atom. The Morgan fingerprint density at radius 3 is 2.29 bits per heavy atom. The minimum Gasteiger partial charge on any atom is -0.355 e. The molecule has 4 aromatic rings. The number of para-hydroxylation sites is 1. The van der Waals surface area contributed by atoms with Gasteiger partial charge in [-0.3, -0.25) is 18.7 Å². The molecule has 0 aliphatic heterocycles. The molecule has 7 nitrogen and oxygen atoms in total. The van der Waals surface area contributed by atoms with Gasteiger partial charge in [-0.2, -0.15) is 0 Å². The van der Waals surface area contributed by atoms with Crippen LogP contribution in [0.3, 0.4) is 0 Å². The highest BCUT2D eigenvalue weighted by atomic mass is 35.5. The van der Waals surface area contributed by atoms with E-state index in [0.717, 1.165) is 12.8 Å². The molecule has 0 radical (unpaired) electrons. The fourth-order valence-electron chi connectivity index (χ4n) is 3.83. The first-order valence-electron chi connectivity index (χ1n) is 9.95. The van der Waals surface area contributed by atoms with Crippen LogP contribution in [-0.2, 0) is 7.05 Å². The standard InChI is InChI=1S/C23H19ClN4O3/c1-26-19(29)13-18(25-15-9-7-14(24)8-10-15)20-21(26)27(17-11-12-17)23(31)28(22(20)30)16-5-3-2-4-6-16/h2-10,13,17,25H,11-12H2,1H3. The lowest BCUT2D eigenvalue weighted by atomic mass is 10.2. The lowest BCUT2D eigenvalue weighted by Crippen LogP contribution is -2.41. The Kier molecular flexibility index (Phi) is 4.55. The van der Waals surface area contributed by atoms with Crippen LogP contribution in [0, 0.1) is 0 Å². The molecule has 1 aliphatic carbocycles. The maximum Gasteiger partial charge on any atom is 0.337 e. The molecule has 5 rings (SSSR count). The molecule has 1 N–H and O–H groups in total. The van der Waals surface area contributed by atoms with Crippen LogP contribution < -0.4 is 22.1 Å². The van der Waals surface area contributed by atoms with E-state index >= 15 is 0 Å². The molecular formula is C23H19ClN4O3. The van der Waals surface area contributed by atoms with Gasteiger partial charge < -0.3 is 5.32 Å². The van der Waals surface area contributed by atoms with Crippen LogP contribution in [0.25, 0.3) is 16.7 Å². The number of aromatic nitrogens is 3. The van der Waals surface area contributed by atoms with Gasteiger partial charge in [-0.1, -0.05) is 29.8 Å². The number of hydrogen-bond acceptors (Lipinski definition) is 4. The van der Waals surface area contributed by atoms with Crippen molar-refractivity contribution in [3.05, 3.63) is 96.9 Å². The van der Waals surface area contributed by atoms with Gasteiger partial charge in [0.1, 0.15) is 11.0 Å². The summed E-state index contributed by atoms with van der Waals surface area (Å²) in [6.45, 7) is 0. The first-order chi connectivity index (χ1) is 15.0. The molecule has 2 aromatic heterocycles. The Hall–Kier alpha value is -3.58. The van der Waals surface area contributed by atoms with Gasteiger partial charge in [0.15, 0.2) is 0 Å². The van der Waals surface area contributed by atoms with Crippen LogP contribution >= 0.6 is 11.6 Å². The van der Waals surface area contributed by atoms with Crippen molar-refractivity contribution in [2.75, 3.05) is 5.32 Å². The van der Waals surface area contributed by atoms with Crippen LogP contribution in [-0.4, -0.2) is 13.7 Å². The zero-order valence-corrected chi connectivity index (χ0v) is 17.5. The summed E-state index contributed by atoms with van der Waals surface area (Å²) < 4.78 is 4.13. The third-order valence-electron chi connectivity index (χ3n) is 5.50. The Labute approximate surface area is 181 Å². The minimum absolute atomic E-state index is 0.0399. The highest BCUT2D eigenvalue weighted by molar-refractivity contribution is 6.30. The maximum absolute atomic E-state index is 13.6. The fraction of sp³-hybridized carbons (Fsp3) is 0.174. The number of benzene rings is 2. The quantitative estimate of drug-likeness (QED) is 0.532. The highest BCUT2D eigenvalue weighted by Gasteiger charge is 2.31. The van der Waals surface area contributed by atoms with Crippen LogP contribution in [0.2, 0.25) is 5.02 Å². The van der Waals surface area contributed by atoms with Crippen LogP contribution in [0.4, 0.5) is 11.4 Å². The summed E-state index contributed by atoms with van der Waals surface area (Å²) in [6.07, 6.45) is 1.65. The van der Waals surface area contributed by atoms with E-state index in [1.807, 2.05) is 6.07 Å². The molecule has 0 saturated heterocycles. The molecule has 1 fully saturated rings. The van der Waals surface area contributed by atoms with Gasteiger partial charge in [0.2, 0.25) is 0 Å². The molecule has 2 heterocycles. The van der Waals surface area contributed by atoms with Gasteiger partial charge in [-0.25, -0.2) is 9.36 Å². The number of hydrogen-bond donors (Lipinski definition) is 1. The van der Waals surface area contributed by atoms with E-state index in [0.29, 0.717) is 27.7 Å². The van der Waals surface area contributed by atoms with Crippen LogP contribution in [0.1, 0.15) is 18.9 Å². The number of nitrogens with one attached hydrogen (secondary N) is 1. The molecule has 0 atom stereocenters. The summed E-state index contributed by atoms with van der Waals surface area (Å²) in [7, 11) is 1.58. The molecule has 156 valence electrons. The van der Waals surface area contributed by atoms with Gasteiger partial charge in [0, 0.05) is 29.9 Å². The molecule has 0 bridgehead atoms. The molecule has 0 amide bonds. The molecule has 8 heteroatoms. The number of nitrogens with zero attached hydrogens (tertiary/aromatic N) is 3. The van der Waals surface area contributed by atoms with Gasteiger partial charge >= 0.3 is 5.69 Å². The molecule has 1 aliphatic rings. The van der Waals surface area contributed by atoms with Gasteiger partial charge in [0.05, 0.1) is 11.4 Å². The third-order valence-corrected chi connectivity index (χ3v) is 5.75. The van der Waals surface area contributed by atoms with Crippen molar-refractivity contribution in [2.24, 2.45) is 7.05 Å². The predicted octanol–water partition coefficient (Wildman–Crippen LogP) is 3.58. The van der Waals surface area contributed by atoms with Crippen molar-refractivity contribution < 1.29 is 0 Å². The molecule has 31 heavy (non-hydrogen) atoms. The number of pyridine rings is 1. The van der Waals surface area contributed by atoms with Crippen molar-refractivity contribution in [1.29, 1.82) is 0 Å². The normalized spacial score (nSPS) is 13.5. The zero-order chi connectivity index (χ0) is 21.7. The second-order valence-corrected chi connectivity index (χ2v) is 8.08. The number of halogens is 1. The lowest BCUT2D eigenvalue weighted by Gasteiger charge is -2.18. The topological polar surface area (TPSA) is 78.0 Å². The van der Waals surface area contributed by atoms with Crippen LogP contribution in [0.5, 0.6) is 0 Å². The first-order valence-corrected chi connectivity index (χ1v) is 10.3. The van der Waals surface area contributed by atoms with Crippen LogP contribution in [0.15, 0.2) is 75.0 Å². The first kappa shape index (κ1) is 19.4. The van der Waals surface area contributed by atoms with E-state index in [2.05, 4.69) is 5.32 Å². The van der Waals surface area contributed by atoms with Crippen molar-refractivity contribution in [3.8, 4) is 5.69 Å². The van der Waals surface area contributed by atoms with Crippen molar-refractivity contribution in [3.63, 3.8) is 0 Å². The second-order valence-electron chi connectivity index (χ2n) is 7.65. The van der Waals surface area contributed by atoms with Crippen molar-refractivity contribution in [1.82, 2.24) is 13.7 Å². The van der Waals surface area contributed by atoms with E-state index in [1.165, 1.54) is 15.2 Å². The lowest BCUT2D eigenvalue weighted by molar-refractivity contribution is 0.650.